The van der Waals surface area contributed by atoms with Crippen LogP contribution in [0.1, 0.15) is 25.2 Å². The van der Waals surface area contributed by atoms with Gasteiger partial charge in [-0.25, -0.2) is 4.79 Å². The van der Waals surface area contributed by atoms with Crippen LogP contribution in [0.3, 0.4) is 0 Å². The predicted molar refractivity (Wildman–Crippen MR) is 89.1 cm³/mol. The lowest BCUT2D eigenvalue weighted by Gasteiger charge is -2.43. The van der Waals surface area contributed by atoms with Gasteiger partial charge >= 0.3 is 5.97 Å². The Labute approximate surface area is 155 Å². The normalized spacial score (nSPS) is 34.0. The zero-order valence-electron chi connectivity index (χ0n) is 14.7. The van der Waals surface area contributed by atoms with Gasteiger partial charge in [0.05, 0.1) is 19.3 Å². The molecule has 10 heteroatoms. The molecule has 0 aromatic heterocycles. The van der Waals surface area contributed by atoms with Crippen LogP contribution in [0.4, 0.5) is 4.48 Å². The molecule has 2 aliphatic heterocycles. The molecule has 27 heavy (non-hydrogen) atoms. The maximum Gasteiger partial charge on any atom is 0.335 e. The van der Waals surface area contributed by atoms with E-state index in [1.165, 1.54) is 0 Å². The van der Waals surface area contributed by atoms with Crippen LogP contribution in [-0.2, 0) is 19.0 Å². The first-order chi connectivity index (χ1) is 13.0. The van der Waals surface area contributed by atoms with Gasteiger partial charge in [0.2, 0.25) is 0 Å². The molecule has 0 saturated carbocycles. The minimum atomic E-state index is -1.71. The van der Waals surface area contributed by atoms with Crippen LogP contribution in [0.15, 0.2) is 40.7 Å². The first-order valence-corrected chi connectivity index (χ1v) is 8.73. The van der Waals surface area contributed by atoms with Crippen molar-refractivity contribution in [1.29, 1.82) is 0 Å². The molecule has 0 unspecified atom stereocenters. The van der Waals surface area contributed by atoms with Crippen LogP contribution in [0.5, 0.6) is 0 Å². The summed E-state index contributed by atoms with van der Waals surface area (Å²) in [5, 5.41) is 26.7. The highest BCUT2D eigenvalue weighted by Gasteiger charge is 2.53. The smallest absolute Gasteiger partial charge is 0.335 e. The first kappa shape index (κ1) is 19.6. The minimum Gasteiger partial charge on any atom is -0.479 e. The summed E-state index contributed by atoms with van der Waals surface area (Å²) in [5.74, 6) is -1.39. The maximum absolute atomic E-state index is 14.6. The second kappa shape index (κ2) is 8.70. The molecule has 0 aliphatic carbocycles. The zero-order valence-corrected chi connectivity index (χ0v) is 14.7. The molecule has 6 atom stereocenters. The van der Waals surface area contributed by atoms with E-state index in [1.54, 1.807) is 19.1 Å². The van der Waals surface area contributed by atoms with Crippen molar-refractivity contribution in [2.24, 2.45) is 10.3 Å². The zero-order chi connectivity index (χ0) is 19.4. The number of hydrogen-bond donors (Lipinski definition) is 2. The highest BCUT2D eigenvalue weighted by Crippen LogP contribution is 2.36. The Hall–Kier alpha value is -2.14. The molecule has 9 nitrogen and oxygen atoms in total. The number of carboxylic acids is 1. The van der Waals surface area contributed by atoms with Crippen molar-refractivity contribution in [1.82, 2.24) is 5.23 Å². The van der Waals surface area contributed by atoms with E-state index < -0.39 is 42.7 Å². The van der Waals surface area contributed by atoms with Gasteiger partial charge in [0.25, 0.3) is 0 Å². The fourth-order valence-corrected chi connectivity index (χ4v) is 3.23. The summed E-state index contributed by atoms with van der Waals surface area (Å²) in [6.45, 7) is 2.12. The number of rotatable bonds is 5. The van der Waals surface area contributed by atoms with Crippen LogP contribution in [0.2, 0.25) is 0 Å². The van der Waals surface area contributed by atoms with E-state index >= 15 is 0 Å². The standard InChI is InChI=1S/C17H22FN3O6/c1-2-19-20-21(18)12-13(22)15(16(23)24)26-11-8-9-25-17(27-14(11)12)10-6-4-3-5-7-10/h3-7,11-15,17,22H,2,8-9H2,1H3,(H,23,24)/b20-19-/t11-,12-,13-,14+,15-,17+/m1/s1. The summed E-state index contributed by atoms with van der Waals surface area (Å²) < 4.78 is 31.8. The molecule has 0 radical (unpaired) electrons. The minimum absolute atomic E-state index is 0.0440. The van der Waals surface area contributed by atoms with E-state index in [1.807, 2.05) is 18.2 Å². The lowest BCUT2D eigenvalue weighted by atomic mass is 9.91. The van der Waals surface area contributed by atoms with Gasteiger partial charge in [0, 0.05) is 5.56 Å². The Kier molecular flexibility index (Phi) is 6.32. The van der Waals surface area contributed by atoms with E-state index in [0.29, 0.717) is 5.56 Å². The van der Waals surface area contributed by atoms with E-state index in [4.69, 9.17) is 14.2 Å². The number of nitrogens with zero attached hydrogens (tertiary/aromatic N) is 3. The Bertz CT molecular complexity index is 663. The third-order valence-electron chi connectivity index (χ3n) is 4.49. The van der Waals surface area contributed by atoms with Crippen LogP contribution in [-0.4, -0.2) is 65.0 Å². The molecule has 2 N–H and O–H groups in total. The van der Waals surface area contributed by atoms with Crippen molar-refractivity contribution in [3.05, 3.63) is 35.9 Å². The van der Waals surface area contributed by atoms with Gasteiger partial charge in [0.15, 0.2) is 12.4 Å². The number of benzene rings is 1. The summed E-state index contributed by atoms with van der Waals surface area (Å²) in [6.07, 6.45) is -5.65. The van der Waals surface area contributed by atoms with Crippen molar-refractivity contribution < 1.29 is 33.7 Å². The SMILES string of the molecule is CC/N=N\N(F)[C@@H]1[C@@H](O)[C@H](C(=O)O)O[C@@H]2CCO[C@H](c3ccccc3)O[C@H]12. The molecular weight excluding hydrogens is 361 g/mol. The quantitative estimate of drug-likeness (QED) is 0.451. The number of hydrogen-bond acceptors (Lipinski definition) is 7. The number of carbonyl (C=O) groups is 1. The van der Waals surface area contributed by atoms with Crippen LogP contribution in [0, 0.1) is 0 Å². The molecule has 2 saturated heterocycles. The van der Waals surface area contributed by atoms with E-state index in [9.17, 15) is 19.5 Å². The van der Waals surface area contributed by atoms with Gasteiger partial charge < -0.3 is 24.4 Å². The van der Waals surface area contributed by atoms with Crippen molar-refractivity contribution in [2.45, 2.75) is 50.1 Å². The largest absolute Gasteiger partial charge is 0.479 e. The highest BCUT2D eigenvalue weighted by atomic mass is 19.2. The fraction of sp³-hybridized carbons (Fsp3) is 0.588. The van der Waals surface area contributed by atoms with Crippen molar-refractivity contribution in [2.75, 3.05) is 13.2 Å². The second-order valence-electron chi connectivity index (χ2n) is 6.25. The predicted octanol–water partition coefficient (Wildman–Crippen LogP) is 1.65. The second-order valence-corrected chi connectivity index (χ2v) is 6.25. The van der Waals surface area contributed by atoms with Gasteiger partial charge in [-0.1, -0.05) is 34.8 Å². The number of fused-ring (bicyclic) bond motifs is 1. The van der Waals surface area contributed by atoms with Gasteiger partial charge in [-0.2, -0.15) is 5.11 Å². The highest BCUT2D eigenvalue weighted by molar-refractivity contribution is 5.73. The number of aliphatic hydroxyl groups is 1. The third-order valence-corrected chi connectivity index (χ3v) is 4.49. The van der Waals surface area contributed by atoms with Crippen molar-refractivity contribution in [3.63, 3.8) is 0 Å². The Morgan fingerprint density at radius 1 is 1.33 bits per heavy atom. The summed E-state index contributed by atoms with van der Waals surface area (Å²) in [4.78, 5) is 11.4. The van der Waals surface area contributed by atoms with E-state index in [0.717, 1.165) is 0 Å². The van der Waals surface area contributed by atoms with Crippen molar-refractivity contribution >= 4 is 5.97 Å². The van der Waals surface area contributed by atoms with Crippen LogP contribution < -0.4 is 0 Å². The van der Waals surface area contributed by atoms with Gasteiger partial charge in [-0.3, -0.25) is 0 Å². The molecule has 0 spiro atoms. The molecule has 3 rings (SSSR count). The van der Waals surface area contributed by atoms with Gasteiger partial charge in [0.1, 0.15) is 18.2 Å². The molecule has 0 bridgehead atoms. The Balaban J connectivity index is 1.90. The first-order valence-electron chi connectivity index (χ1n) is 8.73. The summed E-state index contributed by atoms with van der Waals surface area (Å²) >= 11 is 0. The maximum atomic E-state index is 14.6. The average Bonchev–Trinajstić information content (AvgIpc) is 2.88. The lowest BCUT2D eigenvalue weighted by molar-refractivity contribution is -0.268. The number of aliphatic carboxylic acids is 1. The number of aliphatic hydroxyl groups excluding tert-OH is 1. The average molecular weight is 383 g/mol. The van der Waals surface area contributed by atoms with Crippen molar-refractivity contribution in [3.8, 4) is 0 Å². The molecule has 148 valence electrons. The van der Waals surface area contributed by atoms with Gasteiger partial charge in [-0.15, -0.1) is 5.23 Å². The molecule has 2 heterocycles. The Morgan fingerprint density at radius 2 is 2.07 bits per heavy atom. The number of ether oxygens (including phenoxy) is 3. The molecule has 1 aromatic rings. The molecule has 2 aliphatic rings. The summed E-state index contributed by atoms with van der Waals surface area (Å²) in [5.41, 5.74) is 0.715. The van der Waals surface area contributed by atoms with E-state index in [-0.39, 0.29) is 24.8 Å². The molecule has 2 fully saturated rings. The van der Waals surface area contributed by atoms with Gasteiger partial charge in [-0.05, 0) is 18.6 Å². The summed E-state index contributed by atoms with van der Waals surface area (Å²) in [7, 11) is 0. The number of halogens is 1. The molecular formula is C17H22FN3O6. The van der Waals surface area contributed by atoms with Crippen LogP contribution in [0.25, 0.3) is 0 Å². The topological polar surface area (TPSA) is 113 Å². The summed E-state index contributed by atoms with van der Waals surface area (Å²) in [6, 6.07) is 7.64. The lowest BCUT2D eigenvalue weighted by Crippen LogP contribution is -2.63. The van der Waals surface area contributed by atoms with E-state index in [2.05, 4.69) is 10.3 Å². The van der Waals surface area contributed by atoms with Crippen LogP contribution >= 0.6 is 0 Å². The molecule has 0 amide bonds. The molecule has 1 aromatic carbocycles. The monoisotopic (exact) mass is 383 g/mol. The fourth-order valence-electron chi connectivity index (χ4n) is 3.23. The number of carboxylic acid groups (broad SMARTS) is 1. The third kappa shape index (κ3) is 4.24. The Morgan fingerprint density at radius 3 is 2.74 bits per heavy atom.